The number of hydrogen-bond acceptors (Lipinski definition) is 3. The molecule has 0 saturated carbocycles. The summed E-state index contributed by atoms with van der Waals surface area (Å²) in [6.07, 6.45) is 2.59. The highest BCUT2D eigenvalue weighted by molar-refractivity contribution is 4.86. The third-order valence-electron chi connectivity index (χ3n) is 3.40. The van der Waals surface area contributed by atoms with Gasteiger partial charge in [0.15, 0.2) is 0 Å². The highest BCUT2D eigenvalue weighted by Gasteiger charge is 2.26. The number of nitrogens with one attached hydrogen (secondary N) is 1. The molecule has 3 nitrogen and oxygen atoms in total. The summed E-state index contributed by atoms with van der Waals surface area (Å²) in [6.45, 7) is 7.91. The van der Waals surface area contributed by atoms with Gasteiger partial charge in [0, 0.05) is 6.54 Å². The Hall–Kier alpha value is -0.120. The second-order valence-corrected chi connectivity index (χ2v) is 4.93. The standard InChI is InChI=1S/C11H24N2O/c1-10-4-6-13(7-5-10)8-11(2,9-14)12-3/h10,12,14H,4-9H2,1-3H3. The molecular formula is C11H24N2O. The van der Waals surface area contributed by atoms with Crippen LogP contribution in [0.1, 0.15) is 26.7 Å². The highest BCUT2D eigenvalue weighted by Crippen LogP contribution is 2.17. The van der Waals surface area contributed by atoms with E-state index in [9.17, 15) is 5.11 Å². The van der Waals surface area contributed by atoms with Gasteiger partial charge in [0.25, 0.3) is 0 Å². The van der Waals surface area contributed by atoms with Crippen molar-refractivity contribution in [3.05, 3.63) is 0 Å². The Labute approximate surface area is 87.5 Å². The number of likely N-dealkylation sites (tertiary alicyclic amines) is 1. The van der Waals surface area contributed by atoms with E-state index in [1.165, 1.54) is 25.9 Å². The predicted octanol–water partition coefficient (Wildman–Crippen LogP) is 0.689. The van der Waals surface area contributed by atoms with Gasteiger partial charge in [-0.2, -0.15) is 0 Å². The molecular weight excluding hydrogens is 176 g/mol. The quantitative estimate of drug-likeness (QED) is 0.701. The van der Waals surface area contributed by atoms with Gasteiger partial charge >= 0.3 is 0 Å². The number of likely N-dealkylation sites (N-methyl/N-ethyl adjacent to an activating group) is 1. The summed E-state index contributed by atoms with van der Waals surface area (Å²) < 4.78 is 0. The summed E-state index contributed by atoms with van der Waals surface area (Å²) in [6, 6.07) is 0. The molecule has 1 fully saturated rings. The summed E-state index contributed by atoms with van der Waals surface area (Å²) in [5.74, 6) is 0.876. The lowest BCUT2D eigenvalue weighted by molar-refractivity contribution is 0.103. The smallest absolute Gasteiger partial charge is 0.0623 e. The highest BCUT2D eigenvalue weighted by atomic mass is 16.3. The largest absolute Gasteiger partial charge is 0.394 e. The Morgan fingerprint density at radius 3 is 2.43 bits per heavy atom. The van der Waals surface area contributed by atoms with E-state index < -0.39 is 0 Å². The number of rotatable bonds is 4. The molecule has 1 atom stereocenters. The Bertz CT molecular complexity index is 161. The van der Waals surface area contributed by atoms with Crippen molar-refractivity contribution in [2.75, 3.05) is 33.3 Å². The molecule has 1 unspecified atom stereocenters. The van der Waals surface area contributed by atoms with Crippen molar-refractivity contribution in [3.63, 3.8) is 0 Å². The molecule has 0 amide bonds. The number of aliphatic hydroxyl groups is 1. The Kier molecular flexibility index (Phi) is 4.35. The van der Waals surface area contributed by atoms with Gasteiger partial charge in [-0.3, -0.25) is 0 Å². The fraction of sp³-hybridized carbons (Fsp3) is 1.00. The summed E-state index contributed by atoms with van der Waals surface area (Å²) in [7, 11) is 1.92. The van der Waals surface area contributed by atoms with E-state index >= 15 is 0 Å². The molecule has 0 bridgehead atoms. The van der Waals surface area contributed by atoms with Crippen molar-refractivity contribution in [1.82, 2.24) is 10.2 Å². The van der Waals surface area contributed by atoms with Gasteiger partial charge in [0.1, 0.15) is 0 Å². The second-order valence-electron chi connectivity index (χ2n) is 4.93. The van der Waals surface area contributed by atoms with Gasteiger partial charge in [0.05, 0.1) is 12.1 Å². The van der Waals surface area contributed by atoms with Crippen LogP contribution >= 0.6 is 0 Å². The number of hydrogen-bond donors (Lipinski definition) is 2. The van der Waals surface area contributed by atoms with Crippen LogP contribution in [0.3, 0.4) is 0 Å². The molecule has 0 spiro atoms. The number of aliphatic hydroxyl groups excluding tert-OH is 1. The average molecular weight is 200 g/mol. The Morgan fingerprint density at radius 2 is 2.00 bits per heavy atom. The topological polar surface area (TPSA) is 35.5 Å². The molecule has 2 N–H and O–H groups in total. The van der Waals surface area contributed by atoms with Crippen LogP contribution < -0.4 is 5.32 Å². The molecule has 1 aliphatic rings. The van der Waals surface area contributed by atoms with Gasteiger partial charge in [-0.1, -0.05) is 6.92 Å². The minimum absolute atomic E-state index is 0.138. The third kappa shape index (κ3) is 3.23. The van der Waals surface area contributed by atoms with Crippen molar-refractivity contribution in [1.29, 1.82) is 0 Å². The van der Waals surface area contributed by atoms with Crippen LogP contribution in [0, 0.1) is 5.92 Å². The molecule has 3 heteroatoms. The van der Waals surface area contributed by atoms with E-state index in [4.69, 9.17) is 0 Å². The van der Waals surface area contributed by atoms with Crippen LogP contribution in [0.2, 0.25) is 0 Å². The lowest BCUT2D eigenvalue weighted by Crippen LogP contribution is -2.53. The van der Waals surface area contributed by atoms with Crippen molar-refractivity contribution < 1.29 is 5.11 Å². The van der Waals surface area contributed by atoms with E-state index in [-0.39, 0.29) is 12.1 Å². The van der Waals surface area contributed by atoms with E-state index in [1.54, 1.807) is 0 Å². The summed E-state index contributed by atoms with van der Waals surface area (Å²) in [5.41, 5.74) is -0.138. The zero-order valence-electron chi connectivity index (χ0n) is 9.71. The summed E-state index contributed by atoms with van der Waals surface area (Å²) in [4.78, 5) is 2.45. The zero-order valence-corrected chi connectivity index (χ0v) is 9.71. The SMILES string of the molecule is CNC(C)(CO)CN1CCC(C)CC1. The molecule has 0 aliphatic carbocycles. The second kappa shape index (κ2) is 5.10. The van der Waals surface area contributed by atoms with Gasteiger partial charge < -0.3 is 15.3 Å². The van der Waals surface area contributed by atoms with Gasteiger partial charge in [-0.25, -0.2) is 0 Å². The first-order valence-corrected chi connectivity index (χ1v) is 5.62. The van der Waals surface area contributed by atoms with Crippen molar-refractivity contribution >= 4 is 0 Å². The normalized spacial score (nSPS) is 24.9. The molecule has 1 heterocycles. The van der Waals surface area contributed by atoms with Crippen molar-refractivity contribution in [2.24, 2.45) is 5.92 Å². The fourth-order valence-electron chi connectivity index (χ4n) is 1.92. The van der Waals surface area contributed by atoms with Gasteiger partial charge in [0.2, 0.25) is 0 Å². The molecule has 14 heavy (non-hydrogen) atoms. The maximum Gasteiger partial charge on any atom is 0.0623 e. The van der Waals surface area contributed by atoms with E-state index in [2.05, 4.69) is 24.1 Å². The number of nitrogens with zero attached hydrogens (tertiary/aromatic N) is 1. The van der Waals surface area contributed by atoms with Crippen LogP contribution in [-0.2, 0) is 0 Å². The lowest BCUT2D eigenvalue weighted by atomic mass is 9.96. The molecule has 0 aromatic rings. The Morgan fingerprint density at radius 1 is 1.43 bits per heavy atom. The van der Waals surface area contributed by atoms with Crippen LogP contribution in [0.15, 0.2) is 0 Å². The fourth-order valence-corrected chi connectivity index (χ4v) is 1.92. The molecule has 1 rings (SSSR count). The molecule has 0 aromatic carbocycles. The first kappa shape index (κ1) is 12.0. The lowest BCUT2D eigenvalue weighted by Gasteiger charge is -2.37. The maximum absolute atomic E-state index is 9.28. The van der Waals surface area contributed by atoms with Crippen LogP contribution in [0.4, 0.5) is 0 Å². The van der Waals surface area contributed by atoms with Crippen LogP contribution in [-0.4, -0.2) is 48.8 Å². The minimum atomic E-state index is -0.138. The van der Waals surface area contributed by atoms with Crippen LogP contribution in [0.5, 0.6) is 0 Å². The first-order valence-electron chi connectivity index (χ1n) is 5.62. The number of piperidine rings is 1. The molecule has 0 aromatic heterocycles. The van der Waals surface area contributed by atoms with Gasteiger partial charge in [-0.15, -0.1) is 0 Å². The van der Waals surface area contributed by atoms with Crippen LogP contribution in [0.25, 0.3) is 0 Å². The summed E-state index contributed by atoms with van der Waals surface area (Å²) >= 11 is 0. The third-order valence-corrected chi connectivity index (χ3v) is 3.40. The Balaban J connectivity index is 2.36. The van der Waals surface area contributed by atoms with E-state index in [1.807, 2.05) is 7.05 Å². The molecule has 84 valence electrons. The zero-order chi connectivity index (χ0) is 10.6. The van der Waals surface area contributed by atoms with Crippen molar-refractivity contribution in [2.45, 2.75) is 32.2 Å². The van der Waals surface area contributed by atoms with Crippen molar-refractivity contribution in [3.8, 4) is 0 Å². The molecule has 1 aliphatic heterocycles. The van der Waals surface area contributed by atoms with E-state index in [0.717, 1.165) is 12.5 Å². The monoisotopic (exact) mass is 200 g/mol. The van der Waals surface area contributed by atoms with E-state index in [0.29, 0.717) is 0 Å². The minimum Gasteiger partial charge on any atom is -0.394 e. The van der Waals surface area contributed by atoms with Gasteiger partial charge in [-0.05, 0) is 45.8 Å². The average Bonchev–Trinajstić information content (AvgIpc) is 2.21. The summed E-state index contributed by atoms with van der Waals surface area (Å²) in [5, 5.41) is 12.5. The first-order chi connectivity index (χ1) is 6.59. The molecule has 0 radical (unpaired) electrons. The predicted molar refractivity (Wildman–Crippen MR) is 59.4 cm³/mol. The maximum atomic E-state index is 9.28. The molecule has 1 saturated heterocycles.